The van der Waals surface area contributed by atoms with Crippen molar-refractivity contribution >= 4 is 11.8 Å². The predicted octanol–water partition coefficient (Wildman–Crippen LogP) is 1.45. The van der Waals surface area contributed by atoms with E-state index in [1.165, 1.54) is 12.8 Å². The Labute approximate surface area is 105 Å². The molecule has 2 aromatic rings. The van der Waals surface area contributed by atoms with Gasteiger partial charge in [0.05, 0.1) is 6.20 Å². The second-order valence-corrected chi connectivity index (χ2v) is 4.30. The lowest BCUT2D eigenvalue weighted by atomic mass is 10.3. The number of nitrogens with one attached hydrogen (secondary N) is 2. The summed E-state index contributed by atoms with van der Waals surface area (Å²) in [6.45, 7) is 0.641. The molecule has 18 heavy (non-hydrogen) atoms. The lowest BCUT2D eigenvalue weighted by molar-refractivity contribution is 0.935. The molecule has 0 atom stereocenters. The van der Waals surface area contributed by atoms with E-state index in [9.17, 15) is 0 Å². The van der Waals surface area contributed by atoms with Crippen molar-refractivity contribution in [3.05, 3.63) is 36.3 Å². The van der Waals surface area contributed by atoms with E-state index in [-0.39, 0.29) is 0 Å². The van der Waals surface area contributed by atoms with Crippen molar-refractivity contribution in [1.82, 2.24) is 20.2 Å². The van der Waals surface area contributed by atoms with E-state index in [0.717, 1.165) is 11.4 Å². The van der Waals surface area contributed by atoms with Crippen LogP contribution in [0.2, 0.25) is 0 Å². The van der Waals surface area contributed by atoms with E-state index in [2.05, 4.69) is 30.8 Å². The molecular formula is C12H14N6. The van der Waals surface area contributed by atoms with Gasteiger partial charge in [0.15, 0.2) is 5.82 Å². The van der Waals surface area contributed by atoms with Gasteiger partial charge in [-0.1, -0.05) is 6.07 Å². The van der Waals surface area contributed by atoms with Gasteiger partial charge in [0.1, 0.15) is 0 Å². The smallest absolute Gasteiger partial charge is 0.244 e. The molecule has 1 aliphatic carbocycles. The summed E-state index contributed by atoms with van der Waals surface area (Å²) < 4.78 is 0. The van der Waals surface area contributed by atoms with Crippen molar-refractivity contribution in [1.29, 1.82) is 0 Å². The molecule has 6 nitrogen and oxygen atoms in total. The highest BCUT2D eigenvalue weighted by Crippen LogP contribution is 2.23. The largest absolute Gasteiger partial charge is 0.366 e. The fourth-order valence-corrected chi connectivity index (χ4v) is 1.57. The maximum Gasteiger partial charge on any atom is 0.244 e. The number of rotatable bonds is 5. The monoisotopic (exact) mass is 242 g/mol. The minimum absolute atomic E-state index is 0.532. The second kappa shape index (κ2) is 4.95. The minimum Gasteiger partial charge on any atom is -0.366 e. The standard InChI is InChI=1S/C12H14N6/c1-2-9(6-13-5-1)7-14-12-17-11(8-15-18-12)16-10-3-4-10/h1-2,5-6,8,10H,3-4,7H2,(H2,14,16,17,18). The predicted molar refractivity (Wildman–Crippen MR) is 68.0 cm³/mol. The first-order valence-electron chi connectivity index (χ1n) is 5.99. The van der Waals surface area contributed by atoms with Gasteiger partial charge in [-0.25, -0.2) is 0 Å². The molecule has 0 aromatic carbocycles. The zero-order chi connectivity index (χ0) is 12.2. The van der Waals surface area contributed by atoms with Gasteiger partial charge in [-0.3, -0.25) is 4.98 Å². The van der Waals surface area contributed by atoms with Gasteiger partial charge in [0.2, 0.25) is 5.95 Å². The number of aromatic nitrogens is 4. The van der Waals surface area contributed by atoms with Crippen LogP contribution in [-0.2, 0) is 6.54 Å². The van der Waals surface area contributed by atoms with Crippen LogP contribution in [0.3, 0.4) is 0 Å². The zero-order valence-electron chi connectivity index (χ0n) is 9.87. The van der Waals surface area contributed by atoms with Crippen molar-refractivity contribution in [2.75, 3.05) is 10.6 Å². The fourth-order valence-electron chi connectivity index (χ4n) is 1.57. The molecule has 1 aliphatic rings. The Bertz CT molecular complexity index is 511. The Morgan fingerprint density at radius 3 is 3.00 bits per heavy atom. The first-order valence-corrected chi connectivity index (χ1v) is 5.99. The third kappa shape index (κ3) is 2.91. The van der Waals surface area contributed by atoms with E-state index >= 15 is 0 Å². The summed E-state index contributed by atoms with van der Waals surface area (Å²) in [6, 6.07) is 4.47. The molecule has 3 rings (SSSR count). The number of hydrogen-bond acceptors (Lipinski definition) is 6. The van der Waals surface area contributed by atoms with Crippen molar-refractivity contribution in [2.24, 2.45) is 0 Å². The van der Waals surface area contributed by atoms with Crippen LogP contribution < -0.4 is 10.6 Å². The van der Waals surface area contributed by atoms with E-state index in [0.29, 0.717) is 18.5 Å². The van der Waals surface area contributed by atoms with Crippen LogP contribution >= 0.6 is 0 Å². The molecule has 92 valence electrons. The van der Waals surface area contributed by atoms with Crippen molar-refractivity contribution in [2.45, 2.75) is 25.4 Å². The summed E-state index contributed by atoms with van der Waals surface area (Å²) in [4.78, 5) is 8.41. The van der Waals surface area contributed by atoms with Crippen LogP contribution in [0.15, 0.2) is 30.7 Å². The average Bonchev–Trinajstić information content (AvgIpc) is 3.22. The first-order chi connectivity index (χ1) is 8.90. The summed E-state index contributed by atoms with van der Waals surface area (Å²) in [5, 5.41) is 14.3. The number of anilines is 2. The van der Waals surface area contributed by atoms with E-state index in [1.54, 1.807) is 12.4 Å². The van der Waals surface area contributed by atoms with Crippen LogP contribution in [0.25, 0.3) is 0 Å². The molecule has 0 spiro atoms. The Hall–Kier alpha value is -2.24. The van der Waals surface area contributed by atoms with Crippen molar-refractivity contribution in [3.8, 4) is 0 Å². The van der Waals surface area contributed by atoms with Crippen molar-refractivity contribution < 1.29 is 0 Å². The molecule has 6 heteroatoms. The molecule has 0 saturated heterocycles. The summed E-state index contributed by atoms with van der Waals surface area (Å²) in [5.41, 5.74) is 1.08. The molecule has 2 heterocycles. The molecule has 2 aromatic heterocycles. The van der Waals surface area contributed by atoms with Crippen molar-refractivity contribution in [3.63, 3.8) is 0 Å². The summed E-state index contributed by atoms with van der Waals surface area (Å²) in [6.07, 6.45) is 7.63. The van der Waals surface area contributed by atoms with Crippen LogP contribution in [0.4, 0.5) is 11.8 Å². The van der Waals surface area contributed by atoms with E-state index < -0.39 is 0 Å². The lowest BCUT2D eigenvalue weighted by Crippen LogP contribution is -2.09. The normalized spacial score (nSPS) is 14.2. The molecule has 2 N–H and O–H groups in total. The van der Waals surface area contributed by atoms with Crippen LogP contribution in [0.1, 0.15) is 18.4 Å². The SMILES string of the molecule is c1cncc(CNc2nncc(NC3CC3)n2)c1. The van der Waals surface area contributed by atoms with Gasteiger partial charge in [-0.15, -0.1) is 5.10 Å². The number of pyridine rings is 1. The maximum absolute atomic E-state index is 4.35. The Morgan fingerprint density at radius 2 is 2.22 bits per heavy atom. The summed E-state index contributed by atoms with van der Waals surface area (Å²) in [7, 11) is 0. The first kappa shape index (κ1) is 10.9. The highest BCUT2D eigenvalue weighted by molar-refractivity contribution is 5.39. The van der Waals surface area contributed by atoms with Gasteiger partial charge >= 0.3 is 0 Å². The summed E-state index contributed by atoms with van der Waals surface area (Å²) >= 11 is 0. The highest BCUT2D eigenvalue weighted by atomic mass is 15.3. The Balaban J connectivity index is 1.61. The van der Waals surface area contributed by atoms with Crippen LogP contribution in [0.5, 0.6) is 0 Å². The summed E-state index contributed by atoms with van der Waals surface area (Å²) in [5.74, 6) is 1.31. The van der Waals surface area contributed by atoms with Gasteiger partial charge in [0.25, 0.3) is 0 Å². The second-order valence-electron chi connectivity index (χ2n) is 4.30. The minimum atomic E-state index is 0.532. The highest BCUT2D eigenvalue weighted by Gasteiger charge is 2.21. The topological polar surface area (TPSA) is 75.6 Å². The molecule has 0 amide bonds. The van der Waals surface area contributed by atoms with Crippen LogP contribution in [-0.4, -0.2) is 26.2 Å². The number of nitrogens with zero attached hydrogens (tertiary/aromatic N) is 4. The van der Waals surface area contributed by atoms with Crippen LogP contribution in [0, 0.1) is 0 Å². The zero-order valence-corrected chi connectivity index (χ0v) is 9.87. The quantitative estimate of drug-likeness (QED) is 0.826. The molecule has 0 bridgehead atoms. The van der Waals surface area contributed by atoms with E-state index in [1.807, 2.05) is 18.3 Å². The van der Waals surface area contributed by atoms with Gasteiger partial charge < -0.3 is 10.6 Å². The Kier molecular flexibility index (Phi) is 2.99. The van der Waals surface area contributed by atoms with Gasteiger partial charge in [-0.05, 0) is 24.5 Å². The number of hydrogen-bond donors (Lipinski definition) is 2. The van der Waals surface area contributed by atoms with E-state index in [4.69, 9.17) is 0 Å². The third-order valence-electron chi connectivity index (χ3n) is 2.66. The molecule has 0 unspecified atom stereocenters. The molecular weight excluding hydrogens is 228 g/mol. The van der Waals surface area contributed by atoms with Gasteiger partial charge in [-0.2, -0.15) is 10.1 Å². The van der Waals surface area contributed by atoms with Gasteiger partial charge in [0, 0.05) is 25.0 Å². The average molecular weight is 242 g/mol. The third-order valence-corrected chi connectivity index (χ3v) is 2.66. The molecule has 1 saturated carbocycles. The Morgan fingerprint density at radius 1 is 1.28 bits per heavy atom. The fraction of sp³-hybridized carbons (Fsp3) is 0.333. The molecule has 1 fully saturated rings. The molecule has 0 radical (unpaired) electrons. The molecule has 0 aliphatic heterocycles. The lowest BCUT2D eigenvalue weighted by Gasteiger charge is -2.06. The maximum atomic E-state index is 4.35.